The number of hydrogen-bond donors (Lipinski definition) is 0. The average molecular weight is 718 g/mol. The molecule has 4 aromatic heterocycles. The summed E-state index contributed by atoms with van der Waals surface area (Å²) in [6.45, 7) is 0. The molecule has 254 valence electrons. The van der Waals surface area contributed by atoms with E-state index < -0.39 is 0 Å². The van der Waals surface area contributed by atoms with E-state index in [2.05, 4.69) is 156 Å². The molecule has 0 atom stereocenters. The second-order valence-corrected chi connectivity index (χ2v) is 15.6. The highest BCUT2D eigenvalue weighted by Crippen LogP contribution is 2.44. The first-order valence-electron chi connectivity index (χ1n) is 18.6. The number of benzene rings is 9. The molecule has 0 N–H and O–H groups in total. The van der Waals surface area contributed by atoms with Crippen molar-refractivity contribution in [3.63, 3.8) is 0 Å². The van der Waals surface area contributed by atoms with E-state index in [-0.39, 0.29) is 0 Å². The third-order valence-corrected chi connectivity index (χ3v) is 12.7. The summed E-state index contributed by atoms with van der Waals surface area (Å²) in [6, 6.07) is 58.8. The number of furan rings is 1. The Morgan fingerprint density at radius 3 is 2.00 bits per heavy atom. The molecule has 0 aliphatic heterocycles. The van der Waals surface area contributed by atoms with Crippen molar-refractivity contribution in [2.24, 2.45) is 0 Å². The van der Waals surface area contributed by atoms with Crippen molar-refractivity contribution in [1.82, 2.24) is 14.5 Å². The van der Waals surface area contributed by atoms with Gasteiger partial charge in [0, 0.05) is 63.4 Å². The van der Waals surface area contributed by atoms with Gasteiger partial charge in [-0.3, -0.25) is 4.57 Å². The van der Waals surface area contributed by atoms with Gasteiger partial charge in [-0.2, -0.15) is 0 Å². The molecular weight excluding hydrogens is 691 g/mol. The SMILES string of the molecule is c1ccc2c(c1)oc1c3cc4c(cc3ccc21)c1ccccc1n4-c1nc(-c2ccc3sc4ccccc4c3c2)c2c3ccccc3c3ccccc3c2n1. The highest BCUT2D eigenvalue weighted by Gasteiger charge is 2.22. The number of fused-ring (bicyclic) bond motifs is 17. The van der Waals surface area contributed by atoms with E-state index in [1.165, 1.54) is 30.9 Å². The minimum atomic E-state index is 0.639. The van der Waals surface area contributed by atoms with Crippen molar-refractivity contribution in [3.8, 4) is 17.2 Å². The van der Waals surface area contributed by atoms with Crippen molar-refractivity contribution in [1.29, 1.82) is 0 Å². The molecule has 4 heterocycles. The molecule has 0 bridgehead atoms. The molecule has 0 aliphatic rings. The second-order valence-electron chi connectivity index (χ2n) is 14.5. The molecule has 0 saturated carbocycles. The van der Waals surface area contributed by atoms with Crippen LogP contribution in [-0.4, -0.2) is 14.5 Å². The Bertz CT molecular complexity index is 3790. The van der Waals surface area contributed by atoms with E-state index in [4.69, 9.17) is 14.4 Å². The van der Waals surface area contributed by atoms with E-state index in [0.29, 0.717) is 5.95 Å². The Morgan fingerprint density at radius 1 is 0.436 bits per heavy atom. The smallest absolute Gasteiger partial charge is 0.235 e. The Labute approximate surface area is 317 Å². The van der Waals surface area contributed by atoms with Crippen LogP contribution in [0.5, 0.6) is 0 Å². The van der Waals surface area contributed by atoms with Crippen LogP contribution in [0.15, 0.2) is 168 Å². The predicted octanol–water partition coefficient (Wildman–Crippen LogP) is 14.1. The van der Waals surface area contributed by atoms with Crippen molar-refractivity contribution in [2.75, 3.05) is 0 Å². The Kier molecular flexibility index (Phi) is 5.74. The minimum absolute atomic E-state index is 0.639. The lowest BCUT2D eigenvalue weighted by molar-refractivity contribution is 0.672. The van der Waals surface area contributed by atoms with Gasteiger partial charge in [0.1, 0.15) is 11.2 Å². The summed E-state index contributed by atoms with van der Waals surface area (Å²) >= 11 is 1.84. The lowest BCUT2D eigenvalue weighted by atomic mass is 9.94. The fraction of sp³-hybridized carbons (Fsp3) is 0. The Balaban J connectivity index is 1.20. The number of hydrogen-bond acceptors (Lipinski definition) is 4. The second kappa shape index (κ2) is 10.8. The largest absolute Gasteiger partial charge is 0.455 e. The van der Waals surface area contributed by atoms with Crippen LogP contribution in [-0.2, 0) is 0 Å². The Hall–Kier alpha value is -7.08. The maximum absolute atomic E-state index is 6.58. The molecule has 0 amide bonds. The molecule has 0 spiro atoms. The fourth-order valence-corrected chi connectivity index (χ4v) is 10.2. The fourth-order valence-electron chi connectivity index (χ4n) is 9.13. The summed E-state index contributed by atoms with van der Waals surface area (Å²) in [4.78, 5) is 11.2. The normalized spacial score (nSPS) is 12.4. The zero-order valence-corrected chi connectivity index (χ0v) is 30.1. The summed E-state index contributed by atoms with van der Waals surface area (Å²) in [6.07, 6.45) is 0. The van der Waals surface area contributed by atoms with Gasteiger partial charge in [-0.15, -0.1) is 11.3 Å². The topological polar surface area (TPSA) is 43.9 Å². The van der Waals surface area contributed by atoms with Gasteiger partial charge in [0.15, 0.2) is 0 Å². The molecule has 0 fully saturated rings. The molecule has 9 aromatic carbocycles. The van der Waals surface area contributed by atoms with Crippen LogP contribution in [0.4, 0.5) is 0 Å². The van der Waals surface area contributed by atoms with Gasteiger partial charge in [-0.25, -0.2) is 9.97 Å². The van der Waals surface area contributed by atoms with E-state index in [1.807, 2.05) is 23.5 Å². The van der Waals surface area contributed by atoms with Crippen LogP contribution in [0.3, 0.4) is 0 Å². The zero-order valence-electron chi connectivity index (χ0n) is 29.2. The van der Waals surface area contributed by atoms with Crippen molar-refractivity contribution in [3.05, 3.63) is 164 Å². The number of nitrogens with zero attached hydrogens (tertiary/aromatic N) is 3. The molecule has 0 saturated heterocycles. The average Bonchev–Trinajstić information content (AvgIpc) is 3.92. The van der Waals surface area contributed by atoms with E-state index >= 15 is 0 Å². The van der Waals surface area contributed by atoms with Gasteiger partial charge in [0.05, 0.1) is 22.2 Å². The van der Waals surface area contributed by atoms with Gasteiger partial charge >= 0.3 is 0 Å². The first-order chi connectivity index (χ1) is 27.3. The number of para-hydroxylation sites is 2. The molecule has 13 rings (SSSR count). The van der Waals surface area contributed by atoms with Gasteiger partial charge in [0.25, 0.3) is 0 Å². The highest BCUT2D eigenvalue weighted by atomic mass is 32.1. The minimum Gasteiger partial charge on any atom is -0.455 e. The number of aromatic nitrogens is 3. The number of rotatable bonds is 2. The van der Waals surface area contributed by atoms with E-state index in [0.717, 1.165) is 87.4 Å². The molecule has 4 nitrogen and oxygen atoms in total. The molecule has 0 aliphatic carbocycles. The first kappa shape index (κ1) is 29.4. The molecule has 55 heavy (non-hydrogen) atoms. The standard InChI is InChI=1S/C50H27N3OS/c1-3-16-35-30(11-1)31-12-2-4-17-36(31)48-46(35)47(29-22-24-45-40(26-29)34-15-7-10-20-44(34)55-45)51-50(52-48)53-41-18-8-5-13-32(41)39-25-28-21-23-37-33-14-6-9-19-43(33)54-49(37)38(28)27-42(39)53/h1-27H. The van der Waals surface area contributed by atoms with E-state index in [9.17, 15) is 0 Å². The maximum atomic E-state index is 6.58. The first-order valence-corrected chi connectivity index (χ1v) is 19.4. The Morgan fingerprint density at radius 2 is 1.13 bits per heavy atom. The van der Waals surface area contributed by atoms with Crippen molar-refractivity contribution >= 4 is 118 Å². The monoisotopic (exact) mass is 717 g/mol. The third-order valence-electron chi connectivity index (χ3n) is 11.6. The molecule has 0 radical (unpaired) electrons. The van der Waals surface area contributed by atoms with Gasteiger partial charge in [0.2, 0.25) is 5.95 Å². The van der Waals surface area contributed by atoms with Crippen LogP contribution < -0.4 is 0 Å². The summed E-state index contributed by atoms with van der Waals surface area (Å²) in [5.41, 5.74) is 6.82. The molecule has 5 heteroatoms. The lowest BCUT2D eigenvalue weighted by Gasteiger charge is -2.16. The molecule has 0 unspecified atom stereocenters. The summed E-state index contributed by atoms with van der Waals surface area (Å²) in [5, 5.41) is 15.0. The van der Waals surface area contributed by atoms with E-state index in [1.54, 1.807) is 0 Å². The predicted molar refractivity (Wildman–Crippen MR) is 232 cm³/mol. The van der Waals surface area contributed by atoms with Crippen LogP contribution in [0.1, 0.15) is 0 Å². The van der Waals surface area contributed by atoms with Crippen LogP contribution in [0, 0.1) is 0 Å². The number of thiophene rings is 1. The summed E-state index contributed by atoms with van der Waals surface area (Å²) in [5.74, 6) is 0.639. The lowest BCUT2D eigenvalue weighted by Crippen LogP contribution is -2.04. The molecule has 13 aromatic rings. The van der Waals surface area contributed by atoms with Crippen molar-refractivity contribution in [2.45, 2.75) is 0 Å². The highest BCUT2D eigenvalue weighted by molar-refractivity contribution is 7.25. The summed E-state index contributed by atoms with van der Waals surface area (Å²) < 4.78 is 11.4. The third kappa shape index (κ3) is 4.00. The maximum Gasteiger partial charge on any atom is 0.235 e. The van der Waals surface area contributed by atoms with Crippen molar-refractivity contribution < 1.29 is 4.42 Å². The summed E-state index contributed by atoms with van der Waals surface area (Å²) in [7, 11) is 0. The van der Waals surface area contributed by atoms with Crippen LogP contribution in [0.25, 0.3) is 124 Å². The quantitative estimate of drug-likeness (QED) is 0.167. The van der Waals surface area contributed by atoms with Crippen LogP contribution in [0.2, 0.25) is 0 Å². The molecular formula is C50H27N3OS. The van der Waals surface area contributed by atoms with Gasteiger partial charge in [-0.1, -0.05) is 115 Å². The van der Waals surface area contributed by atoms with Gasteiger partial charge in [-0.05, 0) is 70.1 Å². The zero-order chi connectivity index (χ0) is 35.8. The van der Waals surface area contributed by atoms with Gasteiger partial charge < -0.3 is 4.42 Å². The van der Waals surface area contributed by atoms with Crippen LogP contribution >= 0.6 is 11.3 Å².